The molecule has 1 aromatic carbocycles. The summed E-state index contributed by atoms with van der Waals surface area (Å²) in [6, 6.07) is 4.47. The Balaban J connectivity index is 2.74. The molecule has 0 fully saturated rings. The van der Waals surface area contributed by atoms with Crippen LogP contribution in [-0.4, -0.2) is 23.7 Å². The van der Waals surface area contributed by atoms with Crippen LogP contribution in [0.25, 0.3) is 0 Å². The highest BCUT2D eigenvalue weighted by Crippen LogP contribution is 2.14. The van der Waals surface area contributed by atoms with Crippen LogP contribution in [0.1, 0.15) is 30.6 Å². The van der Waals surface area contributed by atoms with Crippen molar-refractivity contribution in [1.82, 2.24) is 5.32 Å². The van der Waals surface area contributed by atoms with Crippen LogP contribution in [0.4, 0.5) is 11.4 Å². The number of hydrogen-bond donors (Lipinski definition) is 4. The van der Waals surface area contributed by atoms with Crippen LogP contribution in [0.2, 0.25) is 0 Å². The Kier molecular flexibility index (Phi) is 4.97. The molecule has 5 nitrogen and oxygen atoms in total. The SMILES string of the molecule is CC(C)CC(CO)NC(=O)c1cc(N)cc(N)c1. The first kappa shape index (κ1) is 14.3. The first-order valence-electron chi connectivity index (χ1n) is 6.00. The fourth-order valence-electron chi connectivity index (χ4n) is 1.82. The molecule has 1 unspecified atom stereocenters. The average molecular weight is 251 g/mol. The summed E-state index contributed by atoms with van der Waals surface area (Å²) in [5.41, 5.74) is 12.6. The molecule has 18 heavy (non-hydrogen) atoms. The second-order valence-corrected chi connectivity index (χ2v) is 4.87. The van der Waals surface area contributed by atoms with E-state index in [1.165, 1.54) is 0 Å². The lowest BCUT2D eigenvalue weighted by Crippen LogP contribution is -2.38. The van der Waals surface area contributed by atoms with Gasteiger partial charge in [-0.1, -0.05) is 13.8 Å². The number of rotatable bonds is 5. The fraction of sp³-hybridized carbons (Fsp3) is 0.462. The number of aliphatic hydroxyl groups excluding tert-OH is 1. The lowest BCUT2D eigenvalue weighted by atomic mass is 10.0. The van der Waals surface area contributed by atoms with Crippen molar-refractivity contribution in [1.29, 1.82) is 0 Å². The van der Waals surface area contributed by atoms with Gasteiger partial charge in [-0.2, -0.15) is 0 Å². The molecule has 1 amide bonds. The maximum Gasteiger partial charge on any atom is 0.251 e. The van der Waals surface area contributed by atoms with Gasteiger partial charge < -0.3 is 21.9 Å². The summed E-state index contributed by atoms with van der Waals surface area (Å²) in [4.78, 5) is 12.0. The monoisotopic (exact) mass is 251 g/mol. The van der Waals surface area contributed by atoms with Crippen LogP contribution in [0, 0.1) is 5.92 Å². The van der Waals surface area contributed by atoms with E-state index in [-0.39, 0.29) is 18.6 Å². The molecular formula is C13H21N3O2. The summed E-state index contributed by atoms with van der Waals surface area (Å²) >= 11 is 0. The number of benzene rings is 1. The zero-order valence-electron chi connectivity index (χ0n) is 10.8. The van der Waals surface area contributed by atoms with Gasteiger partial charge in [-0.15, -0.1) is 0 Å². The normalized spacial score (nSPS) is 12.4. The second-order valence-electron chi connectivity index (χ2n) is 4.87. The minimum absolute atomic E-state index is 0.0816. The predicted molar refractivity (Wildman–Crippen MR) is 73.1 cm³/mol. The van der Waals surface area contributed by atoms with E-state index in [1.807, 2.05) is 13.8 Å². The molecular weight excluding hydrogens is 230 g/mol. The van der Waals surface area contributed by atoms with E-state index in [4.69, 9.17) is 11.5 Å². The molecule has 0 aliphatic heterocycles. The maximum absolute atomic E-state index is 12.0. The van der Waals surface area contributed by atoms with Gasteiger partial charge in [-0.25, -0.2) is 0 Å². The van der Waals surface area contributed by atoms with E-state index >= 15 is 0 Å². The Morgan fingerprint density at radius 3 is 2.28 bits per heavy atom. The van der Waals surface area contributed by atoms with Crippen molar-refractivity contribution < 1.29 is 9.90 Å². The van der Waals surface area contributed by atoms with E-state index < -0.39 is 0 Å². The Morgan fingerprint density at radius 1 is 1.28 bits per heavy atom. The van der Waals surface area contributed by atoms with Gasteiger partial charge in [0.2, 0.25) is 0 Å². The number of nitrogen functional groups attached to an aromatic ring is 2. The van der Waals surface area contributed by atoms with Gasteiger partial charge in [-0.3, -0.25) is 4.79 Å². The van der Waals surface area contributed by atoms with Crippen molar-refractivity contribution in [2.75, 3.05) is 18.1 Å². The van der Waals surface area contributed by atoms with Crippen LogP contribution in [0.15, 0.2) is 18.2 Å². The van der Waals surface area contributed by atoms with E-state index in [9.17, 15) is 9.90 Å². The molecule has 100 valence electrons. The smallest absolute Gasteiger partial charge is 0.251 e. The third kappa shape index (κ3) is 4.25. The maximum atomic E-state index is 12.0. The average Bonchev–Trinajstić information content (AvgIpc) is 2.26. The van der Waals surface area contributed by atoms with E-state index in [1.54, 1.807) is 18.2 Å². The molecule has 6 N–H and O–H groups in total. The van der Waals surface area contributed by atoms with Crippen molar-refractivity contribution in [2.45, 2.75) is 26.3 Å². The molecule has 1 atom stereocenters. The number of nitrogens with one attached hydrogen (secondary N) is 1. The van der Waals surface area contributed by atoms with Crippen LogP contribution >= 0.6 is 0 Å². The molecule has 0 aliphatic rings. The number of nitrogens with two attached hydrogens (primary N) is 2. The van der Waals surface area contributed by atoms with Crippen LogP contribution in [0.3, 0.4) is 0 Å². The number of hydrogen-bond acceptors (Lipinski definition) is 4. The molecule has 0 spiro atoms. The summed E-state index contributed by atoms with van der Waals surface area (Å²) in [5.74, 6) is 0.127. The van der Waals surface area contributed by atoms with Gasteiger partial charge in [0.1, 0.15) is 0 Å². The summed E-state index contributed by atoms with van der Waals surface area (Å²) in [5, 5.41) is 12.0. The number of carbonyl (C=O) groups is 1. The topological polar surface area (TPSA) is 101 Å². The Bertz CT molecular complexity index is 398. The highest BCUT2D eigenvalue weighted by atomic mass is 16.3. The number of amides is 1. The van der Waals surface area contributed by atoms with Crippen molar-refractivity contribution in [3.63, 3.8) is 0 Å². The minimum atomic E-state index is -0.270. The zero-order chi connectivity index (χ0) is 13.7. The molecule has 0 bridgehead atoms. The van der Waals surface area contributed by atoms with E-state index in [0.29, 0.717) is 22.9 Å². The molecule has 1 aromatic rings. The summed E-state index contributed by atoms with van der Waals surface area (Å²) in [7, 11) is 0. The number of anilines is 2. The van der Waals surface area contributed by atoms with Crippen molar-refractivity contribution in [3.05, 3.63) is 23.8 Å². The standard InChI is InChI=1S/C13H21N3O2/c1-8(2)3-12(7-17)16-13(18)9-4-10(14)6-11(15)5-9/h4-6,8,12,17H,3,7,14-15H2,1-2H3,(H,16,18). The van der Waals surface area contributed by atoms with Gasteiger partial charge in [0, 0.05) is 16.9 Å². The Morgan fingerprint density at radius 2 is 1.83 bits per heavy atom. The Hall–Kier alpha value is -1.75. The van der Waals surface area contributed by atoms with Gasteiger partial charge in [0.25, 0.3) is 5.91 Å². The zero-order valence-corrected chi connectivity index (χ0v) is 10.8. The molecule has 0 saturated carbocycles. The van der Waals surface area contributed by atoms with Crippen LogP contribution < -0.4 is 16.8 Å². The van der Waals surface area contributed by atoms with Crippen molar-refractivity contribution >= 4 is 17.3 Å². The van der Waals surface area contributed by atoms with E-state index in [2.05, 4.69) is 5.32 Å². The lowest BCUT2D eigenvalue weighted by Gasteiger charge is -2.18. The molecule has 5 heteroatoms. The Labute approximate surface area is 107 Å². The first-order chi connectivity index (χ1) is 8.42. The van der Waals surface area contributed by atoms with Crippen LogP contribution in [0.5, 0.6) is 0 Å². The molecule has 0 aromatic heterocycles. The third-order valence-corrected chi connectivity index (χ3v) is 2.55. The minimum Gasteiger partial charge on any atom is -0.399 e. The second kappa shape index (κ2) is 6.26. The number of aliphatic hydroxyl groups is 1. The molecule has 0 heterocycles. The predicted octanol–water partition coefficient (Wildman–Crippen LogP) is 0.988. The highest BCUT2D eigenvalue weighted by molar-refractivity contribution is 5.96. The molecule has 0 saturated heterocycles. The summed E-state index contributed by atoms with van der Waals surface area (Å²) in [6.07, 6.45) is 0.722. The van der Waals surface area contributed by atoms with Crippen LogP contribution in [-0.2, 0) is 0 Å². The van der Waals surface area contributed by atoms with Crippen molar-refractivity contribution in [2.24, 2.45) is 5.92 Å². The van der Waals surface area contributed by atoms with Gasteiger partial charge in [-0.05, 0) is 30.5 Å². The highest BCUT2D eigenvalue weighted by Gasteiger charge is 2.14. The van der Waals surface area contributed by atoms with Gasteiger partial charge >= 0.3 is 0 Å². The molecule has 0 radical (unpaired) electrons. The number of carbonyl (C=O) groups excluding carboxylic acids is 1. The quantitative estimate of drug-likeness (QED) is 0.586. The van der Waals surface area contributed by atoms with E-state index in [0.717, 1.165) is 6.42 Å². The molecule has 1 rings (SSSR count). The van der Waals surface area contributed by atoms with Crippen molar-refractivity contribution in [3.8, 4) is 0 Å². The third-order valence-electron chi connectivity index (χ3n) is 2.55. The summed E-state index contributed by atoms with van der Waals surface area (Å²) < 4.78 is 0. The largest absolute Gasteiger partial charge is 0.399 e. The lowest BCUT2D eigenvalue weighted by molar-refractivity contribution is 0.0908. The van der Waals surface area contributed by atoms with Gasteiger partial charge in [0.05, 0.1) is 12.6 Å². The molecule has 0 aliphatic carbocycles. The fourth-order valence-corrected chi connectivity index (χ4v) is 1.82. The van der Waals surface area contributed by atoms with Gasteiger partial charge in [0.15, 0.2) is 0 Å². The summed E-state index contributed by atoms with van der Waals surface area (Å²) in [6.45, 7) is 3.99. The first-order valence-corrected chi connectivity index (χ1v) is 6.00.